The molecule has 2 saturated heterocycles. The summed E-state index contributed by atoms with van der Waals surface area (Å²) >= 11 is 0. The Morgan fingerprint density at radius 1 is 0.853 bits per heavy atom. The Morgan fingerprint density at radius 2 is 1.41 bits per heavy atom. The van der Waals surface area contributed by atoms with Gasteiger partial charge in [-0.2, -0.15) is 8.61 Å². The monoisotopic (exact) mass is 509 g/mol. The van der Waals surface area contributed by atoms with E-state index in [1.807, 2.05) is 0 Å². The zero-order chi connectivity index (χ0) is 24.3. The second kappa shape index (κ2) is 10.0. The average Bonchev–Trinajstić information content (AvgIpc) is 3.41. The maximum Gasteiger partial charge on any atom is 0.255 e. The van der Waals surface area contributed by atoms with Crippen molar-refractivity contribution in [2.75, 3.05) is 51.8 Å². The summed E-state index contributed by atoms with van der Waals surface area (Å²) in [5.41, 5.74) is 0.425. The molecule has 0 radical (unpaired) electrons. The van der Waals surface area contributed by atoms with Gasteiger partial charge < -0.3 is 14.8 Å². The number of hydrogen-bond donors (Lipinski definition) is 1. The van der Waals surface area contributed by atoms with E-state index < -0.39 is 26.0 Å². The van der Waals surface area contributed by atoms with Crippen molar-refractivity contribution < 1.29 is 31.1 Å². The standard InChI is InChI=1S/C22H27N3O7S2/c1-31-21-9-8-19(34(29,30)24-10-2-3-11-24)16-20(21)23-22(26)17-4-6-18(7-5-17)33(27,28)25-12-14-32-15-13-25/h4-9,16H,2-3,10-15H2,1H3,(H,23,26). The van der Waals surface area contributed by atoms with Crippen molar-refractivity contribution in [3.05, 3.63) is 48.0 Å². The number of amides is 1. The lowest BCUT2D eigenvalue weighted by molar-refractivity contribution is 0.0730. The fourth-order valence-electron chi connectivity index (χ4n) is 3.93. The van der Waals surface area contributed by atoms with Crippen molar-refractivity contribution in [2.45, 2.75) is 22.6 Å². The summed E-state index contributed by atoms with van der Waals surface area (Å²) in [4.78, 5) is 13.0. The molecule has 0 bridgehead atoms. The van der Waals surface area contributed by atoms with Crippen LogP contribution in [0.2, 0.25) is 0 Å². The molecule has 10 nitrogen and oxygen atoms in total. The van der Waals surface area contributed by atoms with Crippen LogP contribution in [0.5, 0.6) is 5.75 Å². The first kappa shape index (κ1) is 24.6. The van der Waals surface area contributed by atoms with Gasteiger partial charge in [0.2, 0.25) is 20.0 Å². The Labute approximate surface area is 199 Å². The molecule has 0 unspecified atom stereocenters. The van der Waals surface area contributed by atoms with Gasteiger partial charge in [0.15, 0.2) is 0 Å². The highest BCUT2D eigenvalue weighted by Gasteiger charge is 2.29. The van der Waals surface area contributed by atoms with Gasteiger partial charge in [0.25, 0.3) is 5.91 Å². The summed E-state index contributed by atoms with van der Waals surface area (Å²) in [5, 5.41) is 2.68. The van der Waals surface area contributed by atoms with Crippen LogP contribution in [0, 0.1) is 0 Å². The first-order valence-corrected chi connectivity index (χ1v) is 13.8. The fraction of sp³-hybridized carbons (Fsp3) is 0.409. The fourth-order valence-corrected chi connectivity index (χ4v) is 6.88. The minimum atomic E-state index is -3.67. The highest BCUT2D eigenvalue weighted by Crippen LogP contribution is 2.30. The van der Waals surface area contributed by atoms with Gasteiger partial charge in [-0.1, -0.05) is 0 Å². The van der Waals surface area contributed by atoms with Crippen molar-refractivity contribution in [3.63, 3.8) is 0 Å². The molecule has 0 atom stereocenters. The lowest BCUT2D eigenvalue weighted by atomic mass is 10.2. The molecular formula is C22H27N3O7S2. The van der Waals surface area contributed by atoms with Crippen LogP contribution in [-0.2, 0) is 24.8 Å². The zero-order valence-corrected chi connectivity index (χ0v) is 20.4. The van der Waals surface area contributed by atoms with Crippen molar-refractivity contribution in [2.24, 2.45) is 0 Å². The second-order valence-electron chi connectivity index (χ2n) is 7.97. The topological polar surface area (TPSA) is 122 Å². The molecule has 1 amide bonds. The van der Waals surface area contributed by atoms with Crippen molar-refractivity contribution in [3.8, 4) is 5.75 Å². The molecule has 2 aromatic rings. The molecule has 0 saturated carbocycles. The van der Waals surface area contributed by atoms with Gasteiger partial charge in [-0.15, -0.1) is 0 Å². The Balaban J connectivity index is 1.54. The minimum absolute atomic E-state index is 0.0671. The lowest BCUT2D eigenvalue weighted by Crippen LogP contribution is -2.40. The number of nitrogens with one attached hydrogen (secondary N) is 1. The lowest BCUT2D eigenvalue weighted by Gasteiger charge is -2.26. The van der Waals surface area contributed by atoms with E-state index in [9.17, 15) is 21.6 Å². The molecule has 2 aliphatic heterocycles. The third kappa shape index (κ3) is 4.96. The molecule has 2 aromatic carbocycles. The van der Waals surface area contributed by atoms with E-state index >= 15 is 0 Å². The number of sulfonamides is 2. The van der Waals surface area contributed by atoms with Crippen LogP contribution in [0.1, 0.15) is 23.2 Å². The van der Waals surface area contributed by atoms with Gasteiger partial charge in [0.1, 0.15) is 5.75 Å². The van der Waals surface area contributed by atoms with Gasteiger partial charge >= 0.3 is 0 Å². The first-order chi connectivity index (χ1) is 16.2. The third-order valence-corrected chi connectivity index (χ3v) is 9.65. The largest absolute Gasteiger partial charge is 0.495 e. The smallest absolute Gasteiger partial charge is 0.255 e. The SMILES string of the molecule is COc1ccc(S(=O)(=O)N2CCCC2)cc1NC(=O)c1ccc(S(=O)(=O)N2CCOCC2)cc1. The minimum Gasteiger partial charge on any atom is -0.495 e. The number of carbonyl (C=O) groups is 1. The van der Waals surface area contributed by atoms with E-state index in [0.29, 0.717) is 32.1 Å². The number of benzene rings is 2. The quantitative estimate of drug-likeness (QED) is 0.603. The van der Waals surface area contributed by atoms with E-state index in [4.69, 9.17) is 9.47 Å². The van der Waals surface area contributed by atoms with E-state index in [0.717, 1.165) is 12.8 Å². The number of carbonyl (C=O) groups excluding carboxylic acids is 1. The van der Waals surface area contributed by atoms with Crippen LogP contribution in [-0.4, -0.2) is 77.9 Å². The zero-order valence-electron chi connectivity index (χ0n) is 18.8. The van der Waals surface area contributed by atoms with E-state index in [2.05, 4.69) is 5.32 Å². The molecule has 1 N–H and O–H groups in total. The van der Waals surface area contributed by atoms with Gasteiger partial charge in [-0.25, -0.2) is 16.8 Å². The molecule has 2 aliphatic rings. The van der Waals surface area contributed by atoms with Crippen LogP contribution in [0.4, 0.5) is 5.69 Å². The van der Waals surface area contributed by atoms with Gasteiger partial charge in [0, 0.05) is 31.7 Å². The number of nitrogens with zero attached hydrogens (tertiary/aromatic N) is 2. The number of rotatable bonds is 7. The number of ether oxygens (including phenoxy) is 2. The predicted molar refractivity (Wildman–Crippen MR) is 125 cm³/mol. The van der Waals surface area contributed by atoms with Crippen LogP contribution in [0.3, 0.4) is 0 Å². The maximum atomic E-state index is 12.9. The molecule has 12 heteroatoms. The molecule has 2 fully saturated rings. The molecule has 0 aliphatic carbocycles. The number of anilines is 1. The van der Waals surface area contributed by atoms with Gasteiger partial charge in [0.05, 0.1) is 35.8 Å². The van der Waals surface area contributed by atoms with Crippen molar-refractivity contribution in [1.82, 2.24) is 8.61 Å². The maximum absolute atomic E-state index is 12.9. The predicted octanol–water partition coefficient (Wildman–Crippen LogP) is 1.75. The second-order valence-corrected chi connectivity index (χ2v) is 11.8. The number of hydrogen-bond acceptors (Lipinski definition) is 7. The molecular weight excluding hydrogens is 482 g/mol. The van der Waals surface area contributed by atoms with E-state index in [1.54, 1.807) is 0 Å². The first-order valence-electron chi connectivity index (χ1n) is 10.9. The molecule has 184 valence electrons. The van der Waals surface area contributed by atoms with Crippen molar-refractivity contribution in [1.29, 1.82) is 0 Å². The molecule has 34 heavy (non-hydrogen) atoms. The van der Waals surface area contributed by atoms with E-state index in [1.165, 1.54) is 58.2 Å². The average molecular weight is 510 g/mol. The Morgan fingerprint density at radius 3 is 2.03 bits per heavy atom. The molecule has 2 heterocycles. The van der Waals surface area contributed by atoms with Crippen LogP contribution < -0.4 is 10.1 Å². The van der Waals surface area contributed by atoms with Gasteiger partial charge in [-0.3, -0.25) is 4.79 Å². The number of methoxy groups -OCH3 is 1. The Kier molecular flexibility index (Phi) is 7.24. The highest BCUT2D eigenvalue weighted by atomic mass is 32.2. The summed E-state index contributed by atoms with van der Waals surface area (Å²) in [6.07, 6.45) is 1.63. The normalized spacial score (nSPS) is 18.0. The summed E-state index contributed by atoms with van der Waals surface area (Å²) < 4.78 is 64.6. The van der Waals surface area contributed by atoms with Gasteiger partial charge in [-0.05, 0) is 55.3 Å². The summed E-state index contributed by atoms with van der Waals surface area (Å²) in [5.74, 6) is -0.218. The van der Waals surface area contributed by atoms with Crippen LogP contribution in [0.15, 0.2) is 52.3 Å². The summed E-state index contributed by atoms with van der Waals surface area (Å²) in [6, 6.07) is 9.92. The molecule has 0 aromatic heterocycles. The summed E-state index contributed by atoms with van der Waals surface area (Å²) in [6.45, 7) is 2.18. The van der Waals surface area contributed by atoms with Crippen molar-refractivity contribution >= 4 is 31.6 Å². The molecule has 0 spiro atoms. The highest BCUT2D eigenvalue weighted by molar-refractivity contribution is 7.89. The number of morpholine rings is 1. The third-order valence-electron chi connectivity index (χ3n) is 5.85. The molecule has 4 rings (SSSR count). The van der Waals surface area contributed by atoms with Crippen LogP contribution in [0.25, 0.3) is 0 Å². The van der Waals surface area contributed by atoms with E-state index in [-0.39, 0.29) is 34.1 Å². The Bertz CT molecular complexity index is 1250. The van der Waals surface area contributed by atoms with Crippen LogP contribution >= 0.6 is 0 Å². The summed E-state index contributed by atoms with van der Waals surface area (Å²) in [7, 11) is -5.93. The Hall–Kier alpha value is -2.51.